The van der Waals surface area contributed by atoms with Crippen molar-refractivity contribution in [1.82, 2.24) is 4.98 Å². The van der Waals surface area contributed by atoms with Crippen LogP contribution in [0.15, 0.2) is 77.7 Å². The highest BCUT2D eigenvalue weighted by Gasteiger charge is 2.29. The van der Waals surface area contributed by atoms with Gasteiger partial charge in [-0.05, 0) is 65.1 Å². The Morgan fingerprint density at radius 2 is 1.85 bits per heavy atom. The molecule has 0 aliphatic carbocycles. The number of nitrogens with zero attached hydrogens (tertiary/aromatic N) is 1. The highest BCUT2D eigenvalue weighted by atomic mass is 35.5. The summed E-state index contributed by atoms with van der Waals surface area (Å²) in [6.45, 7) is 0.819. The molecule has 0 unspecified atom stereocenters. The van der Waals surface area contributed by atoms with Crippen LogP contribution >= 0.6 is 34.7 Å². The second-order valence-electron chi connectivity index (χ2n) is 8.17. The van der Waals surface area contributed by atoms with Crippen LogP contribution in [0, 0.1) is 5.92 Å². The fraction of sp³-hybridized carbons (Fsp3) is 0.185. The van der Waals surface area contributed by atoms with Crippen LogP contribution in [0.25, 0.3) is 16.3 Å². The van der Waals surface area contributed by atoms with Gasteiger partial charge in [0.1, 0.15) is 0 Å². The van der Waals surface area contributed by atoms with Crippen molar-refractivity contribution in [3.8, 4) is 0 Å². The maximum absolute atomic E-state index is 12.4. The molecule has 1 fully saturated rings. The minimum atomic E-state index is 0.0764. The number of rotatable bonds is 7. The quantitative estimate of drug-likeness (QED) is 0.292. The molecule has 4 aromatic rings. The molecule has 1 aromatic heterocycles. The highest BCUT2D eigenvalue weighted by Crippen LogP contribution is 2.39. The third-order valence-corrected chi connectivity index (χ3v) is 7.98. The lowest BCUT2D eigenvalue weighted by Crippen LogP contribution is -2.07. The van der Waals surface area contributed by atoms with E-state index in [-0.39, 0.29) is 11.0 Å². The minimum absolute atomic E-state index is 0.0764. The van der Waals surface area contributed by atoms with E-state index in [1.54, 1.807) is 11.3 Å². The SMILES string of the molecule is O=C1S/C(=C\c2ccc(CCNc3nc4ccc(Cl)cc4s3)cc2)C[C@H]1Cc1ccccc1. The number of halogens is 1. The van der Waals surface area contributed by atoms with E-state index in [9.17, 15) is 4.79 Å². The Kier molecular flexibility index (Phi) is 6.81. The number of thioether (sulfide) groups is 1. The molecule has 0 amide bonds. The maximum Gasteiger partial charge on any atom is 0.197 e. The van der Waals surface area contributed by atoms with Gasteiger partial charge < -0.3 is 5.32 Å². The van der Waals surface area contributed by atoms with Crippen molar-refractivity contribution in [3.63, 3.8) is 0 Å². The molecule has 5 rings (SSSR count). The maximum atomic E-state index is 12.4. The molecule has 1 aliphatic heterocycles. The van der Waals surface area contributed by atoms with E-state index in [2.05, 4.69) is 52.8 Å². The fourth-order valence-corrected chi connectivity index (χ4v) is 6.22. The lowest BCUT2D eigenvalue weighted by Gasteiger charge is -2.06. The molecule has 0 saturated carbocycles. The zero-order chi connectivity index (χ0) is 22.6. The number of aromatic nitrogens is 1. The van der Waals surface area contributed by atoms with Gasteiger partial charge in [-0.1, -0.05) is 89.3 Å². The van der Waals surface area contributed by atoms with Gasteiger partial charge in [-0.3, -0.25) is 4.79 Å². The van der Waals surface area contributed by atoms with Crippen molar-refractivity contribution in [2.24, 2.45) is 5.92 Å². The molecule has 2 heterocycles. The number of hydrogen-bond acceptors (Lipinski definition) is 5. The van der Waals surface area contributed by atoms with Gasteiger partial charge >= 0.3 is 0 Å². The van der Waals surface area contributed by atoms with Gasteiger partial charge in [-0.25, -0.2) is 4.98 Å². The molecule has 1 N–H and O–H groups in total. The summed E-state index contributed by atoms with van der Waals surface area (Å²) in [5, 5.41) is 5.35. The third-order valence-electron chi connectivity index (χ3n) is 5.69. The molecule has 3 aromatic carbocycles. The molecule has 0 spiro atoms. The van der Waals surface area contributed by atoms with E-state index >= 15 is 0 Å². The number of carbonyl (C=O) groups excluding carboxylic acids is 1. The zero-order valence-electron chi connectivity index (χ0n) is 18.0. The average Bonchev–Trinajstić information content (AvgIpc) is 3.37. The highest BCUT2D eigenvalue weighted by molar-refractivity contribution is 8.17. The normalized spacial score (nSPS) is 17.2. The average molecular weight is 491 g/mol. The number of nitrogens with one attached hydrogen (secondary N) is 1. The van der Waals surface area contributed by atoms with E-state index < -0.39 is 0 Å². The van der Waals surface area contributed by atoms with Crippen LogP contribution < -0.4 is 5.32 Å². The van der Waals surface area contributed by atoms with Gasteiger partial charge in [0.2, 0.25) is 0 Å². The summed E-state index contributed by atoms with van der Waals surface area (Å²) in [4.78, 5) is 18.2. The summed E-state index contributed by atoms with van der Waals surface area (Å²) in [7, 11) is 0. The second-order valence-corrected chi connectivity index (χ2v) is 10.8. The number of hydrogen-bond donors (Lipinski definition) is 1. The number of carbonyl (C=O) groups is 1. The predicted octanol–water partition coefficient (Wildman–Crippen LogP) is 7.47. The first-order valence-electron chi connectivity index (χ1n) is 11.0. The Balaban J connectivity index is 1.15. The topological polar surface area (TPSA) is 42.0 Å². The van der Waals surface area contributed by atoms with E-state index in [1.165, 1.54) is 22.9 Å². The van der Waals surface area contributed by atoms with E-state index in [1.807, 2.05) is 36.4 Å². The molecule has 33 heavy (non-hydrogen) atoms. The first-order chi connectivity index (χ1) is 16.1. The lowest BCUT2D eigenvalue weighted by atomic mass is 9.97. The molecule has 166 valence electrons. The Labute approximate surface area is 206 Å². The molecule has 1 saturated heterocycles. The summed E-state index contributed by atoms with van der Waals surface area (Å²) >= 11 is 9.09. The number of benzene rings is 3. The smallest absolute Gasteiger partial charge is 0.197 e. The van der Waals surface area contributed by atoms with Gasteiger partial charge in [-0.15, -0.1) is 0 Å². The Morgan fingerprint density at radius 3 is 2.67 bits per heavy atom. The van der Waals surface area contributed by atoms with Crippen LogP contribution in [0.2, 0.25) is 5.02 Å². The number of fused-ring (bicyclic) bond motifs is 1. The molecule has 6 heteroatoms. The number of allylic oxidation sites excluding steroid dienone is 1. The van der Waals surface area contributed by atoms with Crippen molar-refractivity contribution in [3.05, 3.63) is 99.4 Å². The standard InChI is InChI=1S/C27H23ClN2OS2/c28-22-10-11-24-25(17-22)33-27(30-24)29-13-12-18-6-8-20(9-7-18)15-23-16-21(26(31)32-23)14-19-4-2-1-3-5-19/h1-11,15,17,21H,12-14,16H2,(H,29,30)/b23-15-/t21-/m1/s1. The van der Waals surface area contributed by atoms with Crippen molar-refractivity contribution >= 4 is 61.2 Å². The monoisotopic (exact) mass is 490 g/mol. The van der Waals surface area contributed by atoms with E-state index in [0.29, 0.717) is 0 Å². The van der Waals surface area contributed by atoms with E-state index in [4.69, 9.17) is 11.6 Å². The van der Waals surface area contributed by atoms with Crippen LogP contribution in [0.4, 0.5) is 5.13 Å². The third kappa shape index (κ3) is 5.67. The molecule has 3 nitrogen and oxygen atoms in total. The summed E-state index contributed by atoms with van der Waals surface area (Å²) in [6, 6.07) is 24.6. The van der Waals surface area contributed by atoms with Gasteiger partial charge in [0.05, 0.1) is 10.2 Å². The summed E-state index contributed by atoms with van der Waals surface area (Å²) in [5.41, 5.74) is 4.61. The summed E-state index contributed by atoms with van der Waals surface area (Å²) in [6.07, 6.45) is 4.72. The first-order valence-corrected chi connectivity index (χ1v) is 13.0. The molecular formula is C27H23ClN2OS2. The van der Waals surface area contributed by atoms with Gasteiger partial charge in [0, 0.05) is 17.5 Å². The Bertz CT molecular complexity index is 1300. The van der Waals surface area contributed by atoms with Crippen LogP contribution in [0.3, 0.4) is 0 Å². The molecular weight excluding hydrogens is 468 g/mol. The van der Waals surface area contributed by atoms with Crippen molar-refractivity contribution < 1.29 is 4.79 Å². The van der Waals surface area contributed by atoms with Crippen LogP contribution in [0.1, 0.15) is 23.1 Å². The van der Waals surface area contributed by atoms with Crippen molar-refractivity contribution in [2.75, 3.05) is 11.9 Å². The first kappa shape index (κ1) is 22.2. The second kappa shape index (κ2) is 10.1. The van der Waals surface area contributed by atoms with Crippen molar-refractivity contribution in [2.45, 2.75) is 19.3 Å². The molecule has 0 bridgehead atoms. The summed E-state index contributed by atoms with van der Waals surface area (Å²) < 4.78 is 1.09. The molecule has 0 radical (unpaired) electrons. The van der Waals surface area contributed by atoms with Gasteiger partial charge in [0.25, 0.3) is 0 Å². The Hall–Kier alpha value is -2.60. The van der Waals surface area contributed by atoms with Crippen LogP contribution in [-0.4, -0.2) is 16.6 Å². The number of thiazole rings is 1. The number of anilines is 1. The van der Waals surface area contributed by atoms with Crippen molar-refractivity contribution in [1.29, 1.82) is 0 Å². The van der Waals surface area contributed by atoms with Gasteiger partial charge in [0.15, 0.2) is 10.2 Å². The van der Waals surface area contributed by atoms with Gasteiger partial charge in [-0.2, -0.15) is 0 Å². The Morgan fingerprint density at radius 1 is 1.03 bits per heavy atom. The molecule has 1 atom stereocenters. The predicted molar refractivity (Wildman–Crippen MR) is 142 cm³/mol. The summed E-state index contributed by atoms with van der Waals surface area (Å²) in [5.74, 6) is 0.0764. The zero-order valence-corrected chi connectivity index (χ0v) is 20.4. The lowest BCUT2D eigenvalue weighted by molar-refractivity contribution is -0.113. The van der Waals surface area contributed by atoms with E-state index in [0.717, 1.165) is 56.6 Å². The molecule has 1 aliphatic rings. The minimum Gasteiger partial charge on any atom is -0.361 e. The largest absolute Gasteiger partial charge is 0.361 e. The van der Waals surface area contributed by atoms with Crippen LogP contribution in [-0.2, 0) is 17.6 Å². The fourth-order valence-electron chi connectivity index (χ4n) is 3.98. The van der Waals surface area contributed by atoms with Crippen LogP contribution in [0.5, 0.6) is 0 Å².